The minimum absolute atomic E-state index is 0.0622. The molecule has 0 amide bonds. The van der Waals surface area contributed by atoms with Gasteiger partial charge in [0, 0.05) is 6.42 Å². The molecule has 4 rings (SSSR count). The number of aromatic hydroxyl groups is 1. The molecule has 0 bridgehead atoms. The van der Waals surface area contributed by atoms with Gasteiger partial charge in [-0.25, -0.2) is 4.79 Å². The molecule has 0 radical (unpaired) electrons. The smallest absolute Gasteiger partial charge is 0.338 e. The molecule has 1 aliphatic carbocycles. The first kappa shape index (κ1) is 39.4. The van der Waals surface area contributed by atoms with E-state index in [2.05, 4.69) is 0 Å². The van der Waals surface area contributed by atoms with Crippen LogP contribution in [-0.4, -0.2) is 153 Å². The highest BCUT2D eigenvalue weighted by Gasteiger charge is 2.53. The van der Waals surface area contributed by atoms with E-state index >= 15 is 0 Å². The molecule has 17 nitrogen and oxygen atoms in total. The van der Waals surface area contributed by atoms with Gasteiger partial charge in [-0.3, -0.25) is 0 Å². The normalized spacial score (nSPS) is 38.2. The van der Waals surface area contributed by atoms with Crippen molar-refractivity contribution in [1.82, 2.24) is 0 Å². The van der Waals surface area contributed by atoms with E-state index in [4.69, 9.17) is 33.2 Å². The Morgan fingerprint density at radius 2 is 1.63 bits per heavy atom. The first-order chi connectivity index (χ1) is 22.9. The number of carbonyl (C=O) groups excluding carboxylic acids is 1. The molecule has 3 fully saturated rings. The third kappa shape index (κ3) is 8.24. The van der Waals surface area contributed by atoms with E-state index in [-0.39, 0.29) is 41.6 Å². The lowest BCUT2D eigenvalue weighted by molar-refractivity contribution is -0.338. The molecule has 0 unspecified atom stereocenters. The number of benzene rings is 1. The van der Waals surface area contributed by atoms with Gasteiger partial charge in [-0.15, -0.1) is 0 Å². The summed E-state index contributed by atoms with van der Waals surface area (Å²) in [6, 6.07) is 2.39. The molecule has 12 atom stereocenters. The van der Waals surface area contributed by atoms with E-state index in [0.29, 0.717) is 12.8 Å². The minimum Gasteiger partial charge on any atom is -0.502 e. The van der Waals surface area contributed by atoms with Crippen molar-refractivity contribution in [3.8, 4) is 17.2 Å². The fraction of sp³-hybridized carbons (Fsp3) is 0.781. The summed E-state index contributed by atoms with van der Waals surface area (Å²) < 4.78 is 37.2. The zero-order valence-corrected chi connectivity index (χ0v) is 28.2. The zero-order chi connectivity index (χ0) is 36.5. The third-order valence-corrected chi connectivity index (χ3v) is 9.99. The standard InChI is InChI=1S/C32H50O17/c1-15-8-17(33)11-30(2,3)32(15,42)7-6-21(34)49-28-25(38)24(37)23(36)20(48-28)12-45-29-26(39)31(41,14-47-29)13-46-27(40)16-9-18(43-4)22(35)19(10-16)44-5/h9-10,15,17,20-21,23-26,28-29,33-39,41-42H,6-8,11-14H2,1-5H3/t15-,17+,20-,21-,23-,24+,25-,26+,28+,29-,31-,32-/m1/s1. The van der Waals surface area contributed by atoms with Gasteiger partial charge < -0.3 is 79.1 Å². The molecular formula is C32H50O17. The van der Waals surface area contributed by atoms with Gasteiger partial charge in [0.15, 0.2) is 36.0 Å². The first-order valence-corrected chi connectivity index (χ1v) is 16.1. The van der Waals surface area contributed by atoms with Crippen LogP contribution in [0.5, 0.6) is 17.2 Å². The summed E-state index contributed by atoms with van der Waals surface area (Å²) in [6.07, 6.45) is -12.8. The predicted octanol–water partition coefficient (Wildman–Crippen LogP) is -1.50. The summed E-state index contributed by atoms with van der Waals surface area (Å²) in [5.74, 6) is -1.68. The zero-order valence-electron chi connectivity index (χ0n) is 28.2. The van der Waals surface area contributed by atoms with Crippen LogP contribution < -0.4 is 9.47 Å². The Bertz CT molecular complexity index is 1250. The van der Waals surface area contributed by atoms with Crippen molar-refractivity contribution in [1.29, 1.82) is 0 Å². The molecule has 2 saturated heterocycles. The van der Waals surface area contributed by atoms with Crippen LogP contribution in [0.1, 0.15) is 56.8 Å². The summed E-state index contributed by atoms with van der Waals surface area (Å²) in [5.41, 5.74) is -4.09. The Labute approximate surface area is 283 Å². The Morgan fingerprint density at radius 1 is 1.00 bits per heavy atom. The molecule has 17 heteroatoms. The van der Waals surface area contributed by atoms with Gasteiger partial charge >= 0.3 is 5.97 Å². The lowest BCUT2D eigenvalue weighted by Gasteiger charge is -2.52. The second-order valence-corrected chi connectivity index (χ2v) is 13.8. The maximum atomic E-state index is 12.7. The second-order valence-electron chi connectivity index (χ2n) is 13.8. The number of carbonyl (C=O) groups is 1. The van der Waals surface area contributed by atoms with E-state index in [9.17, 15) is 50.8 Å². The van der Waals surface area contributed by atoms with Gasteiger partial charge in [-0.2, -0.15) is 0 Å². The van der Waals surface area contributed by atoms with Crippen LogP contribution in [0.25, 0.3) is 0 Å². The fourth-order valence-corrected chi connectivity index (χ4v) is 6.83. The lowest BCUT2D eigenvalue weighted by Crippen LogP contribution is -2.60. The Kier molecular flexibility index (Phi) is 12.4. The Morgan fingerprint density at radius 3 is 2.22 bits per heavy atom. The van der Waals surface area contributed by atoms with E-state index in [1.54, 1.807) is 0 Å². The first-order valence-electron chi connectivity index (χ1n) is 16.1. The molecule has 3 aliphatic rings. The van der Waals surface area contributed by atoms with Crippen LogP contribution in [-0.2, 0) is 23.7 Å². The number of aliphatic hydroxyl groups excluding tert-OH is 6. The molecule has 2 heterocycles. The Balaban J connectivity index is 1.30. The maximum Gasteiger partial charge on any atom is 0.338 e. The Hall–Kier alpha value is -2.39. The molecule has 1 aromatic carbocycles. The van der Waals surface area contributed by atoms with Crippen molar-refractivity contribution in [2.75, 3.05) is 34.0 Å². The topological polar surface area (TPSA) is 264 Å². The number of ether oxygens (including phenoxy) is 7. The van der Waals surface area contributed by atoms with Gasteiger partial charge in [-0.05, 0) is 42.7 Å². The summed E-state index contributed by atoms with van der Waals surface area (Å²) in [5, 5.41) is 95.5. The van der Waals surface area contributed by atoms with Crippen LogP contribution in [0, 0.1) is 11.3 Å². The number of hydrogen-bond acceptors (Lipinski definition) is 17. The molecule has 1 saturated carbocycles. The van der Waals surface area contributed by atoms with E-state index < -0.39 is 97.9 Å². The van der Waals surface area contributed by atoms with Crippen LogP contribution in [0.4, 0.5) is 0 Å². The number of rotatable bonds is 13. The van der Waals surface area contributed by atoms with Gasteiger partial charge in [-0.1, -0.05) is 20.8 Å². The van der Waals surface area contributed by atoms with Crippen LogP contribution >= 0.6 is 0 Å². The molecule has 0 spiro atoms. The van der Waals surface area contributed by atoms with E-state index in [0.717, 1.165) is 0 Å². The van der Waals surface area contributed by atoms with E-state index in [1.807, 2.05) is 20.8 Å². The van der Waals surface area contributed by atoms with Crippen LogP contribution in [0.2, 0.25) is 0 Å². The van der Waals surface area contributed by atoms with Crippen molar-refractivity contribution in [2.45, 2.75) is 113 Å². The van der Waals surface area contributed by atoms with Crippen molar-refractivity contribution < 1.29 is 83.9 Å². The average Bonchev–Trinajstić information content (AvgIpc) is 3.33. The summed E-state index contributed by atoms with van der Waals surface area (Å²) in [7, 11) is 2.55. The maximum absolute atomic E-state index is 12.7. The SMILES string of the molecule is COc1cc(C(=O)OC[C@@]2(O)CO[C@@H](OC[C@H]3O[C@@H](O[C@@H](O)CC[C@@]4(O)[C@H](C)C[C@H](O)CC4(C)C)[C@H](O)[C@@H](O)[C@@H]3O)[C@@H]2O)cc(OC)c1O. The quantitative estimate of drug-likeness (QED) is 0.0835. The van der Waals surface area contributed by atoms with Gasteiger partial charge in [0.1, 0.15) is 37.1 Å². The predicted molar refractivity (Wildman–Crippen MR) is 164 cm³/mol. The van der Waals surface area contributed by atoms with Gasteiger partial charge in [0.2, 0.25) is 5.75 Å². The molecule has 1 aromatic rings. The summed E-state index contributed by atoms with van der Waals surface area (Å²) >= 11 is 0. The molecule has 9 N–H and O–H groups in total. The van der Waals surface area contributed by atoms with Crippen molar-refractivity contribution in [2.24, 2.45) is 11.3 Å². The highest BCUT2D eigenvalue weighted by molar-refractivity contribution is 5.91. The highest BCUT2D eigenvalue weighted by Crippen LogP contribution is 2.49. The number of phenols is 1. The minimum atomic E-state index is -2.12. The average molecular weight is 707 g/mol. The molecule has 280 valence electrons. The fourth-order valence-electron chi connectivity index (χ4n) is 6.83. The number of esters is 1. The third-order valence-electron chi connectivity index (χ3n) is 9.99. The molecular weight excluding hydrogens is 656 g/mol. The number of methoxy groups -OCH3 is 2. The lowest BCUT2D eigenvalue weighted by atomic mass is 9.58. The van der Waals surface area contributed by atoms with Gasteiger partial charge in [0.25, 0.3) is 0 Å². The molecule has 0 aromatic heterocycles. The van der Waals surface area contributed by atoms with Crippen molar-refractivity contribution >= 4 is 5.97 Å². The van der Waals surface area contributed by atoms with Gasteiger partial charge in [0.05, 0.1) is 44.7 Å². The van der Waals surface area contributed by atoms with Crippen LogP contribution in [0.3, 0.4) is 0 Å². The largest absolute Gasteiger partial charge is 0.502 e. The number of phenolic OH excluding ortho intramolecular Hbond substituents is 1. The van der Waals surface area contributed by atoms with Crippen molar-refractivity contribution in [3.05, 3.63) is 17.7 Å². The molecule has 49 heavy (non-hydrogen) atoms. The highest BCUT2D eigenvalue weighted by atomic mass is 16.8. The summed E-state index contributed by atoms with van der Waals surface area (Å²) in [6.45, 7) is 3.69. The van der Waals surface area contributed by atoms with Crippen LogP contribution in [0.15, 0.2) is 12.1 Å². The number of aliphatic hydroxyl groups is 8. The monoisotopic (exact) mass is 706 g/mol. The summed E-state index contributed by atoms with van der Waals surface area (Å²) in [4.78, 5) is 12.7. The number of hydrogen-bond donors (Lipinski definition) is 9. The van der Waals surface area contributed by atoms with Crippen molar-refractivity contribution in [3.63, 3.8) is 0 Å². The molecule has 2 aliphatic heterocycles. The second kappa shape index (κ2) is 15.5. The van der Waals surface area contributed by atoms with E-state index in [1.165, 1.54) is 26.4 Å².